The van der Waals surface area contributed by atoms with Gasteiger partial charge in [0.05, 0.1) is 17.7 Å². The lowest BCUT2D eigenvalue weighted by Gasteiger charge is -2.30. The molecule has 37 heavy (non-hydrogen) atoms. The molecule has 1 aromatic carbocycles. The average molecular weight is 509 g/mol. The first kappa shape index (κ1) is 24.7. The molecule has 3 aromatic rings. The van der Waals surface area contributed by atoms with Crippen LogP contribution in [0.4, 0.5) is 24.8 Å². The number of nitrogens with one attached hydrogen (secondary N) is 1. The molecule has 192 valence electrons. The summed E-state index contributed by atoms with van der Waals surface area (Å²) in [6, 6.07) is 8.15. The average Bonchev–Trinajstić information content (AvgIpc) is 3.34. The molecule has 10 heteroatoms. The highest BCUT2D eigenvalue weighted by molar-refractivity contribution is 6.36. The monoisotopic (exact) mass is 508 g/mol. The van der Waals surface area contributed by atoms with E-state index in [9.17, 15) is 18.0 Å². The van der Waals surface area contributed by atoms with Crippen molar-refractivity contribution in [1.29, 1.82) is 0 Å². The van der Waals surface area contributed by atoms with Crippen LogP contribution in [-0.2, 0) is 6.18 Å². The highest BCUT2D eigenvalue weighted by Gasteiger charge is 2.33. The second kappa shape index (κ2) is 9.17. The van der Waals surface area contributed by atoms with Crippen LogP contribution in [0.15, 0.2) is 52.4 Å². The molecule has 0 fully saturated rings. The Morgan fingerprint density at radius 1 is 1.08 bits per heavy atom. The highest BCUT2D eigenvalue weighted by Crippen LogP contribution is 2.39. The molecule has 0 bridgehead atoms. The number of pyridine rings is 1. The Morgan fingerprint density at radius 3 is 2.59 bits per heavy atom. The van der Waals surface area contributed by atoms with Crippen molar-refractivity contribution in [3.63, 3.8) is 0 Å². The number of alkyl halides is 3. The van der Waals surface area contributed by atoms with Crippen molar-refractivity contribution in [2.75, 3.05) is 23.3 Å². The Hall–Kier alpha value is -3.95. The number of fused-ring (bicyclic) bond motifs is 3. The summed E-state index contributed by atoms with van der Waals surface area (Å²) < 4.78 is 41.5. The number of anilines is 2. The second-order valence-electron chi connectivity index (χ2n) is 9.52. The van der Waals surface area contributed by atoms with E-state index in [1.165, 1.54) is 6.07 Å². The molecule has 0 aliphatic carbocycles. The molecule has 5 rings (SSSR count). The molecule has 0 saturated carbocycles. The van der Waals surface area contributed by atoms with Crippen LogP contribution in [0.3, 0.4) is 0 Å². The van der Waals surface area contributed by atoms with Crippen LogP contribution in [0.1, 0.15) is 60.9 Å². The lowest BCUT2D eigenvalue weighted by atomic mass is 9.98. The summed E-state index contributed by atoms with van der Waals surface area (Å²) >= 11 is 0. The van der Waals surface area contributed by atoms with Crippen LogP contribution in [-0.4, -0.2) is 33.5 Å². The van der Waals surface area contributed by atoms with Crippen LogP contribution >= 0.6 is 0 Å². The number of aliphatic imine (C=N–C) groups is 1. The van der Waals surface area contributed by atoms with Crippen molar-refractivity contribution in [2.45, 2.75) is 46.0 Å². The van der Waals surface area contributed by atoms with Gasteiger partial charge in [-0.1, -0.05) is 12.1 Å². The SMILES string of the molecule is Cc1nc(N[C@H](C)c2cccc(C(F)(F)F)c2)c2c(n1)N1CCN=C1C(c1ccc(=O)n(C(C)C)c1)=C2. The molecular weight excluding hydrogens is 481 g/mol. The summed E-state index contributed by atoms with van der Waals surface area (Å²) in [6.45, 7) is 8.72. The van der Waals surface area contributed by atoms with E-state index in [0.29, 0.717) is 36.1 Å². The van der Waals surface area contributed by atoms with E-state index in [4.69, 9.17) is 4.99 Å². The van der Waals surface area contributed by atoms with Gasteiger partial charge in [-0.15, -0.1) is 0 Å². The van der Waals surface area contributed by atoms with E-state index in [0.717, 1.165) is 34.7 Å². The van der Waals surface area contributed by atoms with Crippen LogP contribution in [0, 0.1) is 6.92 Å². The number of hydrogen-bond donors (Lipinski definition) is 1. The van der Waals surface area contributed by atoms with Gasteiger partial charge in [0.2, 0.25) is 0 Å². The molecule has 0 unspecified atom stereocenters. The lowest BCUT2D eigenvalue weighted by molar-refractivity contribution is -0.137. The lowest BCUT2D eigenvalue weighted by Crippen LogP contribution is -2.33. The van der Waals surface area contributed by atoms with Gasteiger partial charge in [-0.2, -0.15) is 13.2 Å². The number of aromatic nitrogens is 3. The smallest absolute Gasteiger partial charge is 0.363 e. The molecule has 0 radical (unpaired) electrons. The molecule has 1 atom stereocenters. The third-order valence-electron chi connectivity index (χ3n) is 6.54. The number of nitrogens with zero attached hydrogens (tertiary/aromatic N) is 5. The van der Waals surface area contributed by atoms with Crippen LogP contribution in [0.2, 0.25) is 0 Å². The van der Waals surface area contributed by atoms with Gasteiger partial charge >= 0.3 is 6.18 Å². The van der Waals surface area contributed by atoms with Gasteiger partial charge in [-0.25, -0.2) is 9.97 Å². The third-order valence-corrected chi connectivity index (χ3v) is 6.54. The summed E-state index contributed by atoms with van der Waals surface area (Å²) in [5.41, 5.74) is 2.11. The van der Waals surface area contributed by atoms with Crippen LogP contribution < -0.4 is 15.8 Å². The maximum Gasteiger partial charge on any atom is 0.416 e. The van der Waals surface area contributed by atoms with Crippen molar-refractivity contribution in [3.8, 4) is 0 Å². The van der Waals surface area contributed by atoms with Gasteiger partial charge in [0, 0.05) is 42.0 Å². The fourth-order valence-corrected chi connectivity index (χ4v) is 4.66. The Kier molecular flexibility index (Phi) is 6.13. The van der Waals surface area contributed by atoms with Crippen LogP contribution in [0.5, 0.6) is 0 Å². The van der Waals surface area contributed by atoms with Crippen molar-refractivity contribution in [1.82, 2.24) is 14.5 Å². The molecule has 2 aromatic heterocycles. The van der Waals surface area contributed by atoms with Crippen molar-refractivity contribution >= 4 is 29.1 Å². The van der Waals surface area contributed by atoms with Gasteiger partial charge in [0.1, 0.15) is 23.3 Å². The Morgan fingerprint density at radius 2 is 1.86 bits per heavy atom. The zero-order valence-electron chi connectivity index (χ0n) is 21.0. The minimum absolute atomic E-state index is 0.0120. The fourth-order valence-electron chi connectivity index (χ4n) is 4.66. The van der Waals surface area contributed by atoms with E-state index < -0.39 is 17.8 Å². The Labute approximate surface area is 212 Å². The number of halogens is 3. The second-order valence-corrected chi connectivity index (χ2v) is 9.52. The number of rotatable bonds is 5. The maximum absolute atomic E-state index is 13.3. The number of benzene rings is 1. The largest absolute Gasteiger partial charge is 0.416 e. The minimum atomic E-state index is -4.42. The summed E-state index contributed by atoms with van der Waals surface area (Å²) in [6.07, 6.45) is -0.645. The first-order chi connectivity index (χ1) is 17.5. The van der Waals surface area contributed by atoms with Gasteiger partial charge in [-0.3, -0.25) is 9.79 Å². The first-order valence-corrected chi connectivity index (χ1v) is 12.1. The predicted molar refractivity (Wildman–Crippen MR) is 139 cm³/mol. The van der Waals surface area contributed by atoms with Gasteiger partial charge in [0.15, 0.2) is 0 Å². The molecule has 0 spiro atoms. The summed E-state index contributed by atoms with van der Waals surface area (Å²) in [5.74, 6) is 2.53. The maximum atomic E-state index is 13.3. The molecule has 1 N–H and O–H groups in total. The Bertz CT molecular complexity index is 1490. The number of amidine groups is 1. The topological polar surface area (TPSA) is 75.4 Å². The number of aryl methyl sites for hydroxylation is 1. The zero-order valence-corrected chi connectivity index (χ0v) is 21.0. The predicted octanol–water partition coefficient (Wildman–Crippen LogP) is 5.49. The fraction of sp³-hybridized carbons (Fsp3) is 0.333. The zero-order chi connectivity index (χ0) is 26.5. The molecule has 4 heterocycles. The van der Waals surface area contributed by atoms with Crippen molar-refractivity contribution in [2.24, 2.45) is 4.99 Å². The van der Waals surface area contributed by atoms with Crippen molar-refractivity contribution < 1.29 is 13.2 Å². The molecular formula is C27H27F3N6O. The minimum Gasteiger partial charge on any atom is -0.363 e. The van der Waals surface area contributed by atoms with Crippen LogP contribution in [0.25, 0.3) is 11.6 Å². The molecule has 0 amide bonds. The quantitative estimate of drug-likeness (QED) is 0.493. The standard InChI is InChI=1S/C27H27F3N6O/c1-15(2)36-14-19(8-9-23(36)37)21-13-22-24(33-17(4)34-26(22)35-11-10-31-25(21)35)32-16(3)18-6-5-7-20(12-18)27(28,29)30/h5-9,12-16H,10-11H2,1-4H3,(H,32,33,34)/t16-/m1/s1. The molecule has 2 aliphatic heterocycles. The normalized spacial score (nSPS) is 15.7. The van der Waals surface area contributed by atoms with E-state index in [2.05, 4.69) is 15.3 Å². The van der Waals surface area contributed by atoms with Gasteiger partial charge in [-0.05, 0) is 57.5 Å². The van der Waals surface area contributed by atoms with E-state index in [1.54, 1.807) is 36.6 Å². The van der Waals surface area contributed by atoms with Crippen molar-refractivity contribution in [3.05, 3.63) is 81.0 Å². The summed E-state index contributed by atoms with van der Waals surface area (Å²) in [7, 11) is 0. The molecule has 2 aliphatic rings. The van der Waals surface area contributed by atoms with Gasteiger partial charge in [0.25, 0.3) is 5.56 Å². The third kappa shape index (κ3) is 4.63. The summed E-state index contributed by atoms with van der Waals surface area (Å²) in [5, 5.41) is 3.31. The molecule has 0 saturated heterocycles. The van der Waals surface area contributed by atoms with E-state index in [1.807, 2.05) is 31.0 Å². The molecule has 7 nitrogen and oxygen atoms in total. The van der Waals surface area contributed by atoms with Gasteiger partial charge < -0.3 is 14.8 Å². The Balaban J connectivity index is 1.59. The highest BCUT2D eigenvalue weighted by atomic mass is 19.4. The number of hydrogen-bond acceptors (Lipinski definition) is 6. The van der Waals surface area contributed by atoms with E-state index >= 15 is 0 Å². The summed E-state index contributed by atoms with van der Waals surface area (Å²) in [4.78, 5) is 28.4. The first-order valence-electron chi connectivity index (χ1n) is 12.1. The van der Waals surface area contributed by atoms with E-state index in [-0.39, 0.29) is 11.6 Å².